The Balaban J connectivity index is 2.37. The van der Waals surface area contributed by atoms with E-state index in [9.17, 15) is 14.7 Å². The third-order valence-electron chi connectivity index (χ3n) is 6.78. The first-order valence-electron chi connectivity index (χ1n) is 12.5. The second-order valence-corrected chi connectivity index (χ2v) is 11.5. The molecule has 2 atom stereocenters. The summed E-state index contributed by atoms with van der Waals surface area (Å²) in [5.41, 5.74) is 1.81. The van der Waals surface area contributed by atoms with Crippen LogP contribution in [0, 0.1) is 17.3 Å². The lowest BCUT2D eigenvalue weighted by molar-refractivity contribution is 0.0597. The number of nitrogens with one attached hydrogen (secondary N) is 2. The minimum atomic E-state index is -0.921. The molecule has 0 heterocycles. The molecule has 0 aliphatic carbocycles. The average Bonchev–Trinajstić information content (AvgIpc) is 2.82. The maximum atomic E-state index is 13.2. The molecule has 204 valence electrons. The van der Waals surface area contributed by atoms with E-state index in [0.717, 1.165) is 24.0 Å². The number of anilines is 1. The number of halogens is 1. The summed E-state index contributed by atoms with van der Waals surface area (Å²) in [6.07, 6.45) is 1.84. The highest BCUT2D eigenvalue weighted by molar-refractivity contribution is 6.31. The molecule has 8 heteroatoms. The fourth-order valence-electron chi connectivity index (χ4n) is 4.47. The van der Waals surface area contributed by atoms with Gasteiger partial charge in [0.1, 0.15) is 11.3 Å². The molecule has 2 aromatic rings. The van der Waals surface area contributed by atoms with E-state index in [4.69, 9.17) is 21.1 Å². The largest absolute Gasteiger partial charge is 0.496 e. The maximum absolute atomic E-state index is 13.2. The molecule has 0 aliphatic heterocycles. The first-order chi connectivity index (χ1) is 17.2. The number of aliphatic hydroxyl groups excluding tert-OH is 1. The topological polar surface area (TPSA) is 96.9 Å². The number of carbonyl (C=O) groups excluding carboxylic acids is 2. The lowest BCUT2D eigenvalue weighted by atomic mass is 9.74. The van der Waals surface area contributed by atoms with Gasteiger partial charge in [0.25, 0.3) is 0 Å². The van der Waals surface area contributed by atoms with E-state index in [1.54, 1.807) is 12.1 Å². The van der Waals surface area contributed by atoms with E-state index in [1.165, 1.54) is 20.3 Å². The molecular weight excluding hydrogens is 492 g/mol. The number of benzene rings is 2. The van der Waals surface area contributed by atoms with Gasteiger partial charge in [-0.1, -0.05) is 58.4 Å². The highest BCUT2D eigenvalue weighted by atomic mass is 35.5. The Morgan fingerprint density at radius 2 is 1.73 bits per heavy atom. The van der Waals surface area contributed by atoms with Crippen LogP contribution in [0.3, 0.4) is 0 Å². The van der Waals surface area contributed by atoms with Gasteiger partial charge in [-0.3, -0.25) is 0 Å². The predicted octanol–water partition coefficient (Wildman–Crippen LogP) is 6.42. The van der Waals surface area contributed by atoms with E-state index < -0.39 is 17.5 Å². The highest BCUT2D eigenvalue weighted by Crippen LogP contribution is 2.37. The highest BCUT2D eigenvalue weighted by Gasteiger charge is 2.39. The zero-order valence-electron chi connectivity index (χ0n) is 23.2. The summed E-state index contributed by atoms with van der Waals surface area (Å²) in [7, 11) is 2.73. The fraction of sp³-hybridized carbons (Fsp3) is 0.517. The number of carbonyl (C=O) groups is 2. The van der Waals surface area contributed by atoms with Crippen LogP contribution in [0.4, 0.5) is 10.5 Å². The molecule has 3 N–H and O–H groups in total. The molecule has 7 nitrogen and oxygen atoms in total. The second-order valence-electron chi connectivity index (χ2n) is 11.1. The number of urea groups is 1. The van der Waals surface area contributed by atoms with E-state index in [-0.39, 0.29) is 35.2 Å². The Hall–Kier alpha value is -2.77. The van der Waals surface area contributed by atoms with Gasteiger partial charge in [0, 0.05) is 29.3 Å². The van der Waals surface area contributed by atoms with Crippen LogP contribution in [-0.4, -0.2) is 37.9 Å². The number of methoxy groups -OCH3 is 2. The Kier molecular flexibility index (Phi) is 10.4. The molecule has 0 spiro atoms. The van der Waals surface area contributed by atoms with Crippen LogP contribution in [-0.2, 0) is 16.7 Å². The zero-order valence-corrected chi connectivity index (χ0v) is 24.0. The molecule has 37 heavy (non-hydrogen) atoms. The molecule has 0 saturated carbocycles. The van der Waals surface area contributed by atoms with Crippen molar-refractivity contribution in [1.29, 1.82) is 0 Å². The summed E-state index contributed by atoms with van der Waals surface area (Å²) in [5, 5.41) is 16.8. The minimum absolute atomic E-state index is 0.0640. The quantitative estimate of drug-likeness (QED) is 0.307. The standard InChI is InChI=1S/C29H41ClN2O5/c1-18(2)23(17-33)29(6,20-10-9-19(24(30)15-20)13-14-28(3,4)5)32-27(35)31-21-11-12-22(26(34)37-8)25(16-21)36-7/h9-12,15-16,18,23,33H,13-14,17H2,1-8H3,(H2,31,32,35). The Morgan fingerprint density at radius 3 is 2.24 bits per heavy atom. The molecule has 2 amide bonds. The van der Waals surface area contributed by atoms with Crippen LogP contribution in [0.1, 0.15) is 69.4 Å². The summed E-state index contributed by atoms with van der Waals surface area (Å²) in [6, 6.07) is 10.1. The molecule has 0 radical (unpaired) electrons. The van der Waals surface area contributed by atoms with Crippen molar-refractivity contribution < 1.29 is 24.2 Å². The molecule has 0 saturated heterocycles. The van der Waals surface area contributed by atoms with Gasteiger partial charge >= 0.3 is 12.0 Å². The summed E-state index contributed by atoms with van der Waals surface area (Å²) in [5.74, 6) is -0.480. The van der Waals surface area contributed by atoms with Crippen molar-refractivity contribution in [3.05, 3.63) is 58.1 Å². The van der Waals surface area contributed by atoms with Crippen molar-refractivity contribution in [2.45, 2.75) is 59.9 Å². The predicted molar refractivity (Wildman–Crippen MR) is 148 cm³/mol. The Morgan fingerprint density at radius 1 is 1.05 bits per heavy atom. The number of hydrogen-bond acceptors (Lipinski definition) is 5. The molecule has 2 rings (SSSR count). The van der Waals surface area contributed by atoms with Gasteiger partial charge in [-0.2, -0.15) is 0 Å². The maximum Gasteiger partial charge on any atom is 0.341 e. The fourth-order valence-corrected chi connectivity index (χ4v) is 4.74. The summed E-state index contributed by atoms with van der Waals surface area (Å²) >= 11 is 6.70. The summed E-state index contributed by atoms with van der Waals surface area (Å²) < 4.78 is 10.1. The van der Waals surface area contributed by atoms with Gasteiger partial charge in [0.2, 0.25) is 0 Å². The van der Waals surface area contributed by atoms with E-state index in [1.807, 2.05) is 39.0 Å². The van der Waals surface area contributed by atoms with Gasteiger partial charge in [-0.15, -0.1) is 0 Å². The molecule has 0 fully saturated rings. The monoisotopic (exact) mass is 532 g/mol. The molecule has 0 bridgehead atoms. The van der Waals surface area contributed by atoms with Gasteiger partial charge in [0.05, 0.1) is 19.8 Å². The number of amides is 2. The number of ether oxygens (including phenoxy) is 2. The van der Waals surface area contributed by atoms with Crippen molar-refractivity contribution in [1.82, 2.24) is 5.32 Å². The molecule has 2 unspecified atom stereocenters. The van der Waals surface area contributed by atoms with E-state index >= 15 is 0 Å². The smallest absolute Gasteiger partial charge is 0.341 e. The third kappa shape index (κ3) is 7.86. The lowest BCUT2D eigenvalue weighted by Gasteiger charge is -2.40. The number of esters is 1. The van der Waals surface area contributed by atoms with Crippen molar-refractivity contribution in [3.63, 3.8) is 0 Å². The van der Waals surface area contributed by atoms with Crippen LogP contribution in [0.5, 0.6) is 5.75 Å². The Labute approximate surface area is 225 Å². The average molecular weight is 533 g/mol. The van der Waals surface area contributed by atoms with Gasteiger partial charge in [-0.05, 0) is 60.4 Å². The molecule has 0 aliphatic rings. The van der Waals surface area contributed by atoms with Crippen LogP contribution in [0.2, 0.25) is 5.02 Å². The van der Waals surface area contributed by atoms with Crippen molar-refractivity contribution in [2.24, 2.45) is 17.3 Å². The minimum Gasteiger partial charge on any atom is -0.496 e. The van der Waals surface area contributed by atoms with Crippen molar-refractivity contribution in [3.8, 4) is 5.75 Å². The van der Waals surface area contributed by atoms with Crippen LogP contribution in [0.15, 0.2) is 36.4 Å². The van der Waals surface area contributed by atoms with Gasteiger partial charge in [0.15, 0.2) is 0 Å². The zero-order chi connectivity index (χ0) is 28.0. The number of aliphatic hydroxyl groups is 1. The first-order valence-corrected chi connectivity index (χ1v) is 12.9. The van der Waals surface area contributed by atoms with Gasteiger partial charge < -0.3 is 25.2 Å². The van der Waals surface area contributed by atoms with Crippen LogP contribution < -0.4 is 15.4 Å². The van der Waals surface area contributed by atoms with Crippen molar-refractivity contribution >= 4 is 29.3 Å². The molecule has 0 aromatic heterocycles. The Bertz CT molecular complexity index is 1100. The molecular formula is C29H41ClN2O5. The van der Waals surface area contributed by atoms with Crippen molar-refractivity contribution in [2.75, 3.05) is 26.1 Å². The summed E-state index contributed by atoms with van der Waals surface area (Å²) in [4.78, 5) is 25.2. The number of rotatable bonds is 10. The SMILES string of the molecule is COC(=O)c1ccc(NC(=O)NC(C)(c2ccc(CCC(C)(C)C)c(Cl)c2)C(CO)C(C)C)cc1OC. The first kappa shape index (κ1) is 30.5. The van der Waals surface area contributed by atoms with E-state index in [2.05, 4.69) is 31.4 Å². The third-order valence-corrected chi connectivity index (χ3v) is 7.13. The lowest BCUT2D eigenvalue weighted by Crippen LogP contribution is -2.53. The number of hydrogen-bond donors (Lipinski definition) is 3. The summed E-state index contributed by atoms with van der Waals surface area (Å²) in [6.45, 7) is 12.4. The van der Waals surface area contributed by atoms with Gasteiger partial charge in [-0.25, -0.2) is 9.59 Å². The second kappa shape index (κ2) is 12.7. The van der Waals surface area contributed by atoms with E-state index in [0.29, 0.717) is 10.7 Å². The number of aryl methyl sites for hydroxylation is 1. The molecule has 2 aromatic carbocycles. The van der Waals surface area contributed by atoms with Crippen LogP contribution >= 0.6 is 11.6 Å². The van der Waals surface area contributed by atoms with Crippen LogP contribution in [0.25, 0.3) is 0 Å². The normalized spacial score (nSPS) is 14.0.